The first-order valence-corrected chi connectivity index (χ1v) is 9.62. The van der Waals surface area contributed by atoms with Crippen LogP contribution in [0.5, 0.6) is 0 Å². The molecule has 0 aliphatic carbocycles. The summed E-state index contributed by atoms with van der Waals surface area (Å²) >= 11 is 0. The number of aromatic nitrogens is 1. The first-order chi connectivity index (χ1) is 14.2. The van der Waals surface area contributed by atoms with Crippen molar-refractivity contribution < 1.29 is 14.0 Å². The highest BCUT2D eigenvalue weighted by molar-refractivity contribution is 5.92. The first-order valence-electron chi connectivity index (χ1n) is 9.62. The highest BCUT2D eigenvalue weighted by Gasteiger charge is 2.23. The van der Waals surface area contributed by atoms with Gasteiger partial charge in [0.25, 0.3) is 0 Å². The molecular formula is C22H22N4O3. The average Bonchev–Trinajstić information content (AvgIpc) is 3.17. The number of nitrogens with one attached hydrogen (secondary N) is 2. The predicted octanol–water partition coefficient (Wildman–Crippen LogP) is 3.65. The summed E-state index contributed by atoms with van der Waals surface area (Å²) in [5.41, 5.74) is 2.22. The van der Waals surface area contributed by atoms with Gasteiger partial charge in [0.05, 0.1) is 0 Å². The van der Waals surface area contributed by atoms with E-state index >= 15 is 0 Å². The maximum absolute atomic E-state index is 12.3. The molecule has 0 radical (unpaired) electrons. The maximum Gasteiger partial charge on any atom is 0.321 e. The highest BCUT2D eigenvalue weighted by atomic mass is 16.3. The van der Waals surface area contributed by atoms with Crippen molar-refractivity contribution >= 4 is 34.8 Å². The van der Waals surface area contributed by atoms with E-state index in [1.165, 1.54) is 6.08 Å². The molecule has 0 saturated carbocycles. The normalized spacial score (nSPS) is 15.0. The second-order valence-electron chi connectivity index (χ2n) is 6.92. The largest absolute Gasteiger partial charge is 0.437 e. The van der Waals surface area contributed by atoms with Crippen LogP contribution in [0.25, 0.3) is 17.2 Å². The number of carbonyl (C=O) groups excluding carboxylic acids is 2. The fourth-order valence-corrected chi connectivity index (χ4v) is 3.31. The van der Waals surface area contributed by atoms with Gasteiger partial charge in [-0.05, 0) is 37.1 Å². The minimum absolute atomic E-state index is 0.0385. The quantitative estimate of drug-likeness (QED) is 0.666. The van der Waals surface area contributed by atoms with Gasteiger partial charge < -0.3 is 20.0 Å². The van der Waals surface area contributed by atoms with Crippen molar-refractivity contribution in [1.29, 1.82) is 0 Å². The third-order valence-corrected chi connectivity index (χ3v) is 4.84. The minimum Gasteiger partial charge on any atom is -0.437 e. The van der Waals surface area contributed by atoms with Gasteiger partial charge in [0.1, 0.15) is 5.52 Å². The lowest BCUT2D eigenvalue weighted by Crippen LogP contribution is -2.47. The Kier molecular flexibility index (Phi) is 5.56. The van der Waals surface area contributed by atoms with E-state index in [4.69, 9.17) is 4.42 Å². The van der Waals surface area contributed by atoms with Crippen LogP contribution in [0.2, 0.25) is 0 Å². The van der Waals surface area contributed by atoms with Gasteiger partial charge in [0.2, 0.25) is 11.8 Å². The summed E-state index contributed by atoms with van der Waals surface area (Å²) in [5, 5.41) is 5.87. The van der Waals surface area contributed by atoms with Gasteiger partial charge in [-0.2, -0.15) is 0 Å². The molecule has 0 spiro atoms. The van der Waals surface area contributed by atoms with Gasteiger partial charge in [-0.15, -0.1) is 0 Å². The molecule has 1 aliphatic rings. The van der Waals surface area contributed by atoms with Gasteiger partial charge in [-0.3, -0.25) is 4.79 Å². The number of anilines is 1. The topological polar surface area (TPSA) is 87.5 Å². The van der Waals surface area contributed by atoms with Crippen LogP contribution in [0.15, 0.2) is 65.1 Å². The van der Waals surface area contributed by atoms with Crippen LogP contribution in [0.4, 0.5) is 10.5 Å². The number of carbonyl (C=O) groups is 2. The molecule has 1 saturated heterocycles. The van der Waals surface area contributed by atoms with Gasteiger partial charge in [-0.1, -0.05) is 30.3 Å². The molecule has 2 N–H and O–H groups in total. The summed E-state index contributed by atoms with van der Waals surface area (Å²) in [6.07, 6.45) is 4.42. The van der Waals surface area contributed by atoms with Crippen LogP contribution >= 0.6 is 0 Å². The van der Waals surface area contributed by atoms with Gasteiger partial charge in [-0.25, -0.2) is 9.78 Å². The van der Waals surface area contributed by atoms with Crippen LogP contribution in [0, 0.1) is 0 Å². The summed E-state index contributed by atoms with van der Waals surface area (Å²) in [7, 11) is 0. The minimum atomic E-state index is -0.195. The molecule has 0 bridgehead atoms. The molecule has 2 heterocycles. The number of benzene rings is 2. The number of oxazole rings is 1. The number of hydrogen-bond donors (Lipinski definition) is 2. The molecule has 3 aromatic rings. The van der Waals surface area contributed by atoms with Gasteiger partial charge in [0.15, 0.2) is 5.58 Å². The van der Waals surface area contributed by atoms with Crippen LogP contribution < -0.4 is 10.6 Å². The highest BCUT2D eigenvalue weighted by Crippen LogP contribution is 2.16. The number of urea groups is 1. The summed E-state index contributed by atoms with van der Waals surface area (Å²) < 4.78 is 5.57. The summed E-state index contributed by atoms with van der Waals surface area (Å²) in [6.45, 7) is 1.19. The molecule has 1 fully saturated rings. The number of piperidine rings is 1. The van der Waals surface area contributed by atoms with Gasteiger partial charge in [0, 0.05) is 37.0 Å². The van der Waals surface area contributed by atoms with Crippen molar-refractivity contribution in [3.8, 4) is 0 Å². The van der Waals surface area contributed by atoms with E-state index in [0.717, 1.165) is 11.2 Å². The van der Waals surface area contributed by atoms with E-state index in [1.807, 2.05) is 54.6 Å². The molecule has 7 heteroatoms. The Hall–Kier alpha value is -3.61. The van der Waals surface area contributed by atoms with Crippen LogP contribution in [0.1, 0.15) is 18.7 Å². The molecule has 0 atom stereocenters. The lowest BCUT2D eigenvalue weighted by molar-refractivity contribution is -0.117. The average molecular weight is 390 g/mol. The smallest absolute Gasteiger partial charge is 0.321 e. The lowest BCUT2D eigenvalue weighted by atomic mass is 10.1. The Labute approximate surface area is 168 Å². The zero-order chi connectivity index (χ0) is 20.1. The molecule has 3 amide bonds. The van der Waals surface area contributed by atoms with Crippen molar-refractivity contribution in [2.24, 2.45) is 0 Å². The van der Waals surface area contributed by atoms with E-state index in [9.17, 15) is 9.59 Å². The molecule has 2 aromatic carbocycles. The Balaban J connectivity index is 1.24. The first kappa shape index (κ1) is 18.7. The summed E-state index contributed by atoms with van der Waals surface area (Å²) in [6, 6.07) is 16.8. The fourth-order valence-electron chi connectivity index (χ4n) is 3.31. The molecular weight excluding hydrogens is 368 g/mol. The Morgan fingerprint density at radius 2 is 1.76 bits per heavy atom. The van der Waals surface area contributed by atoms with Crippen molar-refractivity contribution in [2.45, 2.75) is 18.9 Å². The Morgan fingerprint density at radius 1 is 1.03 bits per heavy atom. The molecule has 29 heavy (non-hydrogen) atoms. The zero-order valence-electron chi connectivity index (χ0n) is 15.9. The SMILES string of the molecule is O=C(/C=C/c1nc2ccccc2o1)NC1CCN(C(=O)Nc2ccccc2)CC1. The van der Waals surface area contributed by atoms with E-state index in [-0.39, 0.29) is 18.0 Å². The number of amides is 3. The zero-order valence-corrected chi connectivity index (χ0v) is 15.9. The second kappa shape index (κ2) is 8.60. The monoisotopic (exact) mass is 390 g/mol. The fraction of sp³-hybridized carbons (Fsp3) is 0.227. The maximum atomic E-state index is 12.3. The Morgan fingerprint density at radius 3 is 2.52 bits per heavy atom. The van der Waals surface area contributed by atoms with E-state index in [0.29, 0.717) is 37.4 Å². The number of nitrogens with zero attached hydrogens (tertiary/aromatic N) is 2. The second-order valence-corrected chi connectivity index (χ2v) is 6.92. The van der Waals surface area contributed by atoms with E-state index in [2.05, 4.69) is 15.6 Å². The van der Waals surface area contributed by atoms with Gasteiger partial charge >= 0.3 is 6.03 Å². The molecule has 4 rings (SSSR count). The van der Waals surface area contributed by atoms with E-state index < -0.39 is 0 Å². The summed E-state index contributed by atoms with van der Waals surface area (Å²) in [5.74, 6) is 0.202. The molecule has 1 aliphatic heterocycles. The number of rotatable bonds is 4. The van der Waals surface area contributed by atoms with Crippen molar-refractivity contribution in [1.82, 2.24) is 15.2 Å². The third kappa shape index (κ3) is 4.82. The summed E-state index contributed by atoms with van der Waals surface area (Å²) in [4.78, 5) is 30.6. The third-order valence-electron chi connectivity index (χ3n) is 4.84. The number of hydrogen-bond acceptors (Lipinski definition) is 4. The Bertz CT molecular complexity index is 988. The lowest BCUT2D eigenvalue weighted by Gasteiger charge is -2.32. The number of likely N-dealkylation sites (tertiary alicyclic amines) is 1. The van der Waals surface area contributed by atoms with Crippen molar-refractivity contribution in [3.63, 3.8) is 0 Å². The van der Waals surface area contributed by atoms with E-state index in [1.54, 1.807) is 11.0 Å². The van der Waals surface area contributed by atoms with Crippen molar-refractivity contribution in [3.05, 3.63) is 66.6 Å². The van der Waals surface area contributed by atoms with Crippen molar-refractivity contribution in [2.75, 3.05) is 18.4 Å². The molecule has 7 nitrogen and oxygen atoms in total. The predicted molar refractivity (Wildman–Crippen MR) is 111 cm³/mol. The molecule has 1 aromatic heterocycles. The standard InChI is InChI=1S/C22H22N4O3/c27-20(10-11-21-25-18-8-4-5-9-19(18)29-21)23-17-12-14-26(15-13-17)22(28)24-16-6-2-1-3-7-16/h1-11,17H,12-15H2,(H,23,27)(H,24,28)/b11-10+. The molecule has 148 valence electrons. The van der Waals surface area contributed by atoms with Crippen LogP contribution in [0.3, 0.4) is 0 Å². The van der Waals surface area contributed by atoms with Crippen LogP contribution in [-0.2, 0) is 4.79 Å². The van der Waals surface area contributed by atoms with Crippen LogP contribution in [-0.4, -0.2) is 41.0 Å². The number of fused-ring (bicyclic) bond motifs is 1. The molecule has 0 unspecified atom stereocenters. The number of para-hydroxylation sites is 3.